The Morgan fingerprint density at radius 2 is 1.82 bits per heavy atom. The molecule has 3 aromatic rings. The van der Waals surface area contributed by atoms with Crippen molar-refractivity contribution >= 4 is 34.1 Å². The van der Waals surface area contributed by atoms with Crippen molar-refractivity contribution in [1.29, 1.82) is 0 Å². The molecule has 2 fully saturated rings. The summed E-state index contributed by atoms with van der Waals surface area (Å²) in [5.74, 6) is -2.48. The molecular formula is C25H25FN4O4. The number of para-hydroxylation sites is 2. The number of Topliss-reactive ketones (excluding diaryl/α,β-unsaturated/α-hetero) is 1. The van der Waals surface area contributed by atoms with Gasteiger partial charge in [-0.1, -0.05) is 18.2 Å². The van der Waals surface area contributed by atoms with Gasteiger partial charge < -0.3 is 24.3 Å². The highest BCUT2D eigenvalue weighted by Gasteiger charge is 2.41. The molecule has 1 aromatic heterocycles. The molecule has 4 heterocycles. The van der Waals surface area contributed by atoms with E-state index in [1.54, 1.807) is 12.1 Å². The highest BCUT2D eigenvalue weighted by atomic mass is 19.1. The SMILES string of the molecule is O=C1CCn2c(nc3c(N4CCC5(CC4)OCCO5)cccc32)C1C(=O)Nc1ccccc1F. The van der Waals surface area contributed by atoms with Crippen LogP contribution in [-0.4, -0.2) is 53.3 Å². The van der Waals surface area contributed by atoms with E-state index in [0.29, 0.717) is 25.6 Å². The van der Waals surface area contributed by atoms with Crippen molar-refractivity contribution < 1.29 is 23.5 Å². The Hall–Kier alpha value is -3.30. The maximum atomic E-state index is 14.1. The Morgan fingerprint density at radius 3 is 2.59 bits per heavy atom. The lowest BCUT2D eigenvalue weighted by Gasteiger charge is -2.38. The Morgan fingerprint density at radius 1 is 1.06 bits per heavy atom. The molecule has 3 aliphatic rings. The summed E-state index contributed by atoms with van der Waals surface area (Å²) in [5, 5.41) is 2.58. The molecule has 9 heteroatoms. The summed E-state index contributed by atoms with van der Waals surface area (Å²) >= 11 is 0. The molecule has 8 nitrogen and oxygen atoms in total. The number of nitrogens with zero attached hydrogens (tertiary/aromatic N) is 3. The number of halogens is 1. The van der Waals surface area contributed by atoms with Crippen LogP contribution in [0.2, 0.25) is 0 Å². The van der Waals surface area contributed by atoms with Crippen molar-refractivity contribution in [2.75, 3.05) is 36.5 Å². The number of nitrogens with one attached hydrogen (secondary N) is 1. The average molecular weight is 464 g/mol. The number of aromatic nitrogens is 2. The molecule has 0 aliphatic carbocycles. The number of rotatable bonds is 3. The van der Waals surface area contributed by atoms with Crippen LogP contribution in [0, 0.1) is 5.82 Å². The molecule has 34 heavy (non-hydrogen) atoms. The molecule has 1 atom stereocenters. The second kappa shape index (κ2) is 8.18. The minimum atomic E-state index is -1.08. The normalized spacial score (nSPS) is 21.7. The number of benzene rings is 2. The lowest BCUT2D eigenvalue weighted by atomic mass is 9.96. The smallest absolute Gasteiger partial charge is 0.242 e. The van der Waals surface area contributed by atoms with Gasteiger partial charge in [-0.2, -0.15) is 0 Å². The molecule has 6 rings (SSSR count). The fraction of sp³-hybridized carbons (Fsp3) is 0.400. The highest BCUT2D eigenvalue weighted by Crippen LogP contribution is 2.37. The third-order valence-electron chi connectivity index (χ3n) is 7.02. The van der Waals surface area contributed by atoms with Crippen LogP contribution in [0.3, 0.4) is 0 Å². The van der Waals surface area contributed by atoms with E-state index in [0.717, 1.165) is 42.7 Å². The van der Waals surface area contributed by atoms with E-state index in [-0.39, 0.29) is 17.9 Å². The van der Waals surface area contributed by atoms with Gasteiger partial charge in [0.05, 0.1) is 30.1 Å². The number of aryl methyl sites for hydroxylation is 1. The van der Waals surface area contributed by atoms with Crippen molar-refractivity contribution in [3.05, 3.63) is 54.1 Å². The summed E-state index contributed by atoms with van der Waals surface area (Å²) in [6, 6.07) is 11.9. The minimum Gasteiger partial charge on any atom is -0.369 e. The molecule has 1 N–H and O–H groups in total. The predicted molar refractivity (Wildman–Crippen MR) is 123 cm³/mol. The molecule has 2 saturated heterocycles. The number of fused-ring (bicyclic) bond motifs is 3. The molecule has 0 bridgehead atoms. The lowest BCUT2D eigenvalue weighted by Crippen LogP contribution is -2.45. The first-order chi connectivity index (χ1) is 16.5. The summed E-state index contributed by atoms with van der Waals surface area (Å²) in [7, 11) is 0. The third-order valence-corrected chi connectivity index (χ3v) is 7.02. The van der Waals surface area contributed by atoms with Crippen LogP contribution in [0.5, 0.6) is 0 Å². The van der Waals surface area contributed by atoms with E-state index in [1.165, 1.54) is 12.1 Å². The first kappa shape index (κ1) is 21.2. The molecule has 0 radical (unpaired) electrons. The Bertz CT molecular complexity index is 1270. The van der Waals surface area contributed by atoms with Crippen molar-refractivity contribution in [1.82, 2.24) is 9.55 Å². The van der Waals surface area contributed by atoms with Gasteiger partial charge in [-0.3, -0.25) is 9.59 Å². The number of ether oxygens (including phenoxy) is 2. The van der Waals surface area contributed by atoms with Crippen molar-refractivity contribution in [3.63, 3.8) is 0 Å². The molecule has 1 spiro atoms. The van der Waals surface area contributed by atoms with Crippen molar-refractivity contribution in [3.8, 4) is 0 Å². The number of carbonyl (C=O) groups is 2. The van der Waals surface area contributed by atoms with E-state index in [1.807, 2.05) is 22.8 Å². The fourth-order valence-electron chi connectivity index (χ4n) is 5.28. The van der Waals surface area contributed by atoms with Gasteiger partial charge in [0.25, 0.3) is 0 Å². The number of ketones is 1. The van der Waals surface area contributed by atoms with Crippen molar-refractivity contribution in [2.45, 2.75) is 37.5 Å². The summed E-state index contributed by atoms with van der Waals surface area (Å²) < 4.78 is 27.8. The Labute approximate surface area is 195 Å². The van der Waals surface area contributed by atoms with E-state index in [4.69, 9.17) is 14.5 Å². The summed E-state index contributed by atoms with van der Waals surface area (Å²) in [4.78, 5) is 33.0. The van der Waals surface area contributed by atoms with Gasteiger partial charge >= 0.3 is 0 Å². The van der Waals surface area contributed by atoms with Crippen LogP contribution in [-0.2, 0) is 25.6 Å². The number of carbonyl (C=O) groups excluding carboxylic acids is 2. The largest absolute Gasteiger partial charge is 0.369 e. The van der Waals surface area contributed by atoms with Gasteiger partial charge in [-0.25, -0.2) is 9.37 Å². The van der Waals surface area contributed by atoms with E-state index < -0.39 is 23.4 Å². The topological polar surface area (TPSA) is 85.7 Å². The van der Waals surface area contributed by atoms with E-state index in [9.17, 15) is 14.0 Å². The highest BCUT2D eigenvalue weighted by molar-refractivity contribution is 6.12. The van der Waals surface area contributed by atoms with Crippen LogP contribution >= 0.6 is 0 Å². The van der Waals surface area contributed by atoms with Gasteiger partial charge in [-0.15, -0.1) is 0 Å². The number of imidazole rings is 1. The van der Waals surface area contributed by atoms with E-state index in [2.05, 4.69) is 10.2 Å². The molecule has 1 amide bonds. The first-order valence-electron chi connectivity index (χ1n) is 11.6. The summed E-state index contributed by atoms with van der Waals surface area (Å²) in [6.07, 6.45) is 1.76. The number of piperidine rings is 1. The van der Waals surface area contributed by atoms with Crippen LogP contribution in [0.4, 0.5) is 15.8 Å². The van der Waals surface area contributed by atoms with Gasteiger partial charge in [0.15, 0.2) is 17.5 Å². The molecule has 176 valence electrons. The first-order valence-corrected chi connectivity index (χ1v) is 11.6. The second-order valence-electron chi connectivity index (χ2n) is 8.98. The van der Waals surface area contributed by atoms with Crippen LogP contribution in [0.1, 0.15) is 31.0 Å². The zero-order valence-electron chi connectivity index (χ0n) is 18.6. The van der Waals surface area contributed by atoms with Gasteiger partial charge in [0, 0.05) is 38.9 Å². The maximum absolute atomic E-state index is 14.1. The molecule has 2 aromatic carbocycles. The maximum Gasteiger partial charge on any atom is 0.242 e. The van der Waals surface area contributed by atoms with Crippen LogP contribution < -0.4 is 10.2 Å². The Balaban J connectivity index is 1.33. The minimum absolute atomic E-state index is 0.0489. The second-order valence-corrected chi connectivity index (χ2v) is 8.98. The third kappa shape index (κ3) is 3.47. The van der Waals surface area contributed by atoms with E-state index >= 15 is 0 Å². The van der Waals surface area contributed by atoms with Crippen molar-refractivity contribution in [2.24, 2.45) is 0 Å². The predicted octanol–water partition coefficient (Wildman–Crippen LogP) is 3.21. The number of hydrogen-bond donors (Lipinski definition) is 1. The Kier molecular flexibility index (Phi) is 5.11. The summed E-state index contributed by atoms with van der Waals surface area (Å²) in [6.45, 7) is 3.25. The quantitative estimate of drug-likeness (QED) is 0.599. The molecule has 0 saturated carbocycles. The zero-order chi connectivity index (χ0) is 23.3. The zero-order valence-corrected chi connectivity index (χ0v) is 18.6. The van der Waals surface area contributed by atoms with Crippen LogP contribution in [0.15, 0.2) is 42.5 Å². The summed E-state index contributed by atoms with van der Waals surface area (Å²) in [5.41, 5.74) is 2.67. The lowest BCUT2D eigenvalue weighted by molar-refractivity contribution is -0.169. The number of hydrogen-bond acceptors (Lipinski definition) is 6. The van der Waals surface area contributed by atoms with Gasteiger partial charge in [-0.05, 0) is 24.3 Å². The standard InChI is InChI=1S/C25H25FN4O4/c26-16-4-1-2-5-17(16)27-24(32)21-20(31)8-11-30-19-7-3-6-18(22(19)28-23(21)30)29-12-9-25(10-13-29)33-14-15-34-25/h1-7,21H,8-15H2,(H,27,32). The fourth-order valence-corrected chi connectivity index (χ4v) is 5.28. The monoisotopic (exact) mass is 464 g/mol. The van der Waals surface area contributed by atoms with Crippen LogP contribution in [0.25, 0.3) is 11.0 Å². The number of anilines is 2. The molecule has 1 unspecified atom stereocenters. The number of amides is 1. The molecule has 3 aliphatic heterocycles. The van der Waals surface area contributed by atoms with Gasteiger partial charge in [0.2, 0.25) is 5.91 Å². The average Bonchev–Trinajstić information content (AvgIpc) is 3.45. The van der Waals surface area contributed by atoms with Gasteiger partial charge in [0.1, 0.15) is 17.2 Å². The molecular weight excluding hydrogens is 439 g/mol.